The molecule has 1 N–H and O–H groups in total. The van der Waals surface area contributed by atoms with Crippen LogP contribution in [0.2, 0.25) is 5.02 Å². The molecule has 4 nitrogen and oxygen atoms in total. The maximum Gasteiger partial charge on any atom is 0.240 e. The van der Waals surface area contributed by atoms with Crippen molar-refractivity contribution in [1.29, 1.82) is 0 Å². The van der Waals surface area contributed by atoms with Gasteiger partial charge in [-0.1, -0.05) is 35.8 Å². The number of nitrogens with one attached hydrogen (secondary N) is 1. The molecule has 0 atom stereocenters. The van der Waals surface area contributed by atoms with E-state index in [1.807, 2.05) is 24.3 Å². The summed E-state index contributed by atoms with van der Waals surface area (Å²) in [5.41, 5.74) is 1.12. The molecule has 0 fully saturated rings. The van der Waals surface area contributed by atoms with Crippen molar-refractivity contribution in [2.45, 2.75) is 26.3 Å². The first-order valence-electron chi connectivity index (χ1n) is 6.04. The standard InChI is InChI=1S/C13H16ClN3O/c1-2-7-15-9-13-16-12(17-18-13)8-10-3-5-11(14)6-4-10/h3-6,15H,2,7-9H2,1H3. The highest BCUT2D eigenvalue weighted by atomic mass is 35.5. The molecule has 0 aliphatic rings. The molecule has 0 amide bonds. The molecule has 18 heavy (non-hydrogen) atoms. The number of aromatic nitrogens is 2. The predicted octanol–water partition coefficient (Wildman–Crippen LogP) is 2.81. The van der Waals surface area contributed by atoms with Crippen molar-refractivity contribution in [2.75, 3.05) is 6.54 Å². The smallest absolute Gasteiger partial charge is 0.240 e. The zero-order valence-electron chi connectivity index (χ0n) is 10.3. The molecule has 0 radical (unpaired) electrons. The van der Waals surface area contributed by atoms with Crippen LogP contribution in [0.15, 0.2) is 28.8 Å². The van der Waals surface area contributed by atoms with E-state index in [-0.39, 0.29) is 0 Å². The number of hydrogen-bond acceptors (Lipinski definition) is 4. The van der Waals surface area contributed by atoms with Crippen molar-refractivity contribution < 1.29 is 4.52 Å². The molecule has 0 saturated heterocycles. The minimum Gasteiger partial charge on any atom is -0.338 e. The summed E-state index contributed by atoms with van der Waals surface area (Å²) in [6.45, 7) is 3.70. The molecular weight excluding hydrogens is 250 g/mol. The summed E-state index contributed by atoms with van der Waals surface area (Å²) in [5.74, 6) is 1.33. The second-order valence-corrected chi connectivity index (χ2v) is 4.52. The molecule has 2 rings (SSSR count). The molecule has 0 spiro atoms. The minimum atomic E-state index is 0.626. The molecule has 1 aromatic carbocycles. The van der Waals surface area contributed by atoms with Crippen LogP contribution >= 0.6 is 11.6 Å². The SMILES string of the molecule is CCCNCc1nc(Cc2ccc(Cl)cc2)no1. The average molecular weight is 266 g/mol. The third kappa shape index (κ3) is 3.82. The van der Waals surface area contributed by atoms with E-state index in [0.29, 0.717) is 24.7 Å². The third-order valence-electron chi connectivity index (χ3n) is 2.49. The van der Waals surface area contributed by atoms with E-state index in [1.54, 1.807) is 0 Å². The van der Waals surface area contributed by atoms with Crippen molar-refractivity contribution in [3.63, 3.8) is 0 Å². The van der Waals surface area contributed by atoms with Gasteiger partial charge in [0, 0.05) is 11.4 Å². The summed E-state index contributed by atoms with van der Waals surface area (Å²) in [6.07, 6.45) is 1.75. The van der Waals surface area contributed by atoms with Gasteiger partial charge in [-0.2, -0.15) is 4.98 Å². The van der Waals surface area contributed by atoms with Gasteiger partial charge < -0.3 is 9.84 Å². The Balaban J connectivity index is 1.91. The summed E-state index contributed by atoms with van der Waals surface area (Å²) in [6, 6.07) is 7.66. The molecule has 0 aliphatic heterocycles. The summed E-state index contributed by atoms with van der Waals surface area (Å²) in [7, 11) is 0. The van der Waals surface area contributed by atoms with E-state index >= 15 is 0 Å². The predicted molar refractivity (Wildman–Crippen MR) is 70.6 cm³/mol. The fourth-order valence-electron chi connectivity index (χ4n) is 1.59. The van der Waals surface area contributed by atoms with Gasteiger partial charge in [0.05, 0.1) is 6.54 Å². The molecule has 0 aliphatic carbocycles. The lowest BCUT2D eigenvalue weighted by atomic mass is 10.1. The molecule has 0 bridgehead atoms. The van der Waals surface area contributed by atoms with Crippen LogP contribution < -0.4 is 5.32 Å². The van der Waals surface area contributed by atoms with Gasteiger partial charge in [-0.15, -0.1) is 0 Å². The number of benzene rings is 1. The normalized spacial score (nSPS) is 10.8. The Morgan fingerprint density at radius 3 is 2.78 bits per heavy atom. The van der Waals surface area contributed by atoms with Crippen LogP contribution in [0.3, 0.4) is 0 Å². The topological polar surface area (TPSA) is 51.0 Å². The largest absolute Gasteiger partial charge is 0.338 e. The molecule has 1 heterocycles. The van der Waals surface area contributed by atoms with Crippen LogP contribution in [0, 0.1) is 0 Å². The van der Waals surface area contributed by atoms with Gasteiger partial charge in [0.15, 0.2) is 5.82 Å². The molecule has 1 aromatic heterocycles. The van der Waals surface area contributed by atoms with Crippen molar-refractivity contribution >= 4 is 11.6 Å². The van der Waals surface area contributed by atoms with Gasteiger partial charge in [0.1, 0.15) is 0 Å². The molecule has 0 unspecified atom stereocenters. The highest BCUT2D eigenvalue weighted by Crippen LogP contribution is 2.12. The highest BCUT2D eigenvalue weighted by Gasteiger charge is 2.06. The summed E-state index contributed by atoms with van der Waals surface area (Å²) < 4.78 is 5.16. The lowest BCUT2D eigenvalue weighted by Gasteiger charge is -1.97. The Morgan fingerprint density at radius 1 is 1.28 bits per heavy atom. The first-order valence-corrected chi connectivity index (χ1v) is 6.42. The fourth-order valence-corrected chi connectivity index (χ4v) is 1.72. The lowest BCUT2D eigenvalue weighted by Crippen LogP contribution is -2.13. The third-order valence-corrected chi connectivity index (χ3v) is 2.74. The number of rotatable bonds is 6. The minimum absolute atomic E-state index is 0.626. The second-order valence-electron chi connectivity index (χ2n) is 4.08. The molecular formula is C13H16ClN3O. The molecule has 0 saturated carbocycles. The lowest BCUT2D eigenvalue weighted by molar-refractivity contribution is 0.363. The van der Waals surface area contributed by atoms with Crippen molar-refractivity contribution in [3.8, 4) is 0 Å². The van der Waals surface area contributed by atoms with Gasteiger partial charge in [0.2, 0.25) is 5.89 Å². The van der Waals surface area contributed by atoms with E-state index in [0.717, 1.165) is 23.6 Å². The maximum atomic E-state index is 5.83. The second kappa shape index (κ2) is 6.52. The van der Waals surface area contributed by atoms with E-state index in [9.17, 15) is 0 Å². The quantitative estimate of drug-likeness (QED) is 0.816. The molecule has 96 valence electrons. The van der Waals surface area contributed by atoms with Crippen molar-refractivity contribution in [3.05, 3.63) is 46.6 Å². The van der Waals surface area contributed by atoms with Crippen LogP contribution in [0.4, 0.5) is 0 Å². The van der Waals surface area contributed by atoms with Gasteiger partial charge in [-0.3, -0.25) is 0 Å². The zero-order valence-corrected chi connectivity index (χ0v) is 11.1. The van der Waals surface area contributed by atoms with E-state index in [4.69, 9.17) is 16.1 Å². The van der Waals surface area contributed by atoms with Gasteiger partial charge >= 0.3 is 0 Å². The van der Waals surface area contributed by atoms with Gasteiger partial charge in [0.25, 0.3) is 0 Å². The zero-order chi connectivity index (χ0) is 12.8. The van der Waals surface area contributed by atoms with E-state index < -0.39 is 0 Å². The Bertz CT molecular complexity index is 481. The summed E-state index contributed by atoms with van der Waals surface area (Å²) in [5, 5.41) is 7.91. The Kier molecular flexibility index (Phi) is 4.73. The van der Waals surface area contributed by atoms with Crippen LogP contribution in [0.25, 0.3) is 0 Å². The number of hydrogen-bond donors (Lipinski definition) is 1. The van der Waals surface area contributed by atoms with Crippen molar-refractivity contribution in [1.82, 2.24) is 15.5 Å². The van der Waals surface area contributed by atoms with Crippen LogP contribution in [0.5, 0.6) is 0 Å². The van der Waals surface area contributed by atoms with E-state index in [1.165, 1.54) is 0 Å². The Labute approximate surface area is 111 Å². The van der Waals surface area contributed by atoms with Crippen LogP contribution in [-0.4, -0.2) is 16.7 Å². The van der Waals surface area contributed by atoms with Gasteiger partial charge in [-0.25, -0.2) is 0 Å². The molecule has 5 heteroatoms. The fraction of sp³-hybridized carbons (Fsp3) is 0.385. The van der Waals surface area contributed by atoms with Crippen molar-refractivity contribution in [2.24, 2.45) is 0 Å². The van der Waals surface area contributed by atoms with E-state index in [2.05, 4.69) is 22.4 Å². The summed E-state index contributed by atoms with van der Waals surface area (Å²) in [4.78, 5) is 4.33. The summed E-state index contributed by atoms with van der Waals surface area (Å²) >= 11 is 5.83. The molecule has 2 aromatic rings. The van der Waals surface area contributed by atoms with Crippen LogP contribution in [-0.2, 0) is 13.0 Å². The first-order chi connectivity index (χ1) is 8.78. The Morgan fingerprint density at radius 2 is 2.06 bits per heavy atom. The maximum absolute atomic E-state index is 5.83. The highest BCUT2D eigenvalue weighted by molar-refractivity contribution is 6.30. The number of halogens is 1. The van der Waals surface area contributed by atoms with Crippen LogP contribution in [0.1, 0.15) is 30.6 Å². The average Bonchev–Trinajstić information content (AvgIpc) is 2.80. The monoisotopic (exact) mass is 265 g/mol. The van der Waals surface area contributed by atoms with Gasteiger partial charge in [-0.05, 0) is 30.7 Å². The number of nitrogens with zero attached hydrogens (tertiary/aromatic N) is 2. The Hall–Kier alpha value is -1.39. The first kappa shape index (κ1) is 13.1.